The Hall–Kier alpha value is -3.09. The zero-order chi connectivity index (χ0) is 21.0. The van der Waals surface area contributed by atoms with E-state index in [1.807, 2.05) is 19.1 Å². The van der Waals surface area contributed by atoms with Crippen molar-refractivity contribution in [1.29, 1.82) is 0 Å². The Labute approximate surface area is 167 Å². The van der Waals surface area contributed by atoms with Crippen LogP contribution in [0.4, 0.5) is 8.78 Å². The molecule has 1 heterocycles. The number of aryl methyl sites for hydroxylation is 1. The molecule has 1 fully saturated rings. The van der Waals surface area contributed by atoms with Gasteiger partial charge < -0.3 is 9.80 Å². The summed E-state index contributed by atoms with van der Waals surface area (Å²) in [5, 5.41) is 0. The second-order valence-electron chi connectivity index (χ2n) is 7.09. The molecule has 0 unspecified atom stereocenters. The third kappa shape index (κ3) is 5.04. The maximum Gasteiger partial charge on any atom is 0.254 e. The number of hydrogen-bond acceptors (Lipinski definition) is 3. The van der Waals surface area contributed by atoms with Crippen LogP contribution < -0.4 is 0 Å². The van der Waals surface area contributed by atoms with Gasteiger partial charge in [-0.25, -0.2) is 8.78 Å². The van der Waals surface area contributed by atoms with Crippen LogP contribution in [0.15, 0.2) is 42.5 Å². The minimum atomic E-state index is -1.07. The number of carbonyl (C=O) groups is 3. The van der Waals surface area contributed by atoms with Crippen LogP contribution in [-0.4, -0.2) is 53.6 Å². The molecular weight excluding hydrogens is 378 g/mol. The lowest BCUT2D eigenvalue weighted by atomic mass is 10.0. The first-order chi connectivity index (χ1) is 13.8. The van der Waals surface area contributed by atoms with Gasteiger partial charge in [-0.15, -0.1) is 0 Å². The maximum absolute atomic E-state index is 13.3. The van der Waals surface area contributed by atoms with E-state index in [1.165, 1.54) is 11.0 Å². The van der Waals surface area contributed by atoms with Crippen LogP contribution in [0.3, 0.4) is 0 Å². The van der Waals surface area contributed by atoms with Crippen LogP contribution >= 0.6 is 0 Å². The van der Waals surface area contributed by atoms with Gasteiger partial charge in [0.2, 0.25) is 5.91 Å². The number of Topliss-reactive ketones (excluding diaryl/α,β-unsaturated/α-hetero) is 1. The second-order valence-corrected chi connectivity index (χ2v) is 7.09. The first kappa shape index (κ1) is 20.6. The fraction of sp³-hybridized carbons (Fsp3) is 0.318. The van der Waals surface area contributed by atoms with Crippen molar-refractivity contribution < 1.29 is 23.2 Å². The number of hydrogen-bond donors (Lipinski definition) is 0. The summed E-state index contributed by atoms with van der Waals surface area (Å²) in [6.45, 7) is 3.22. The van der Waals surface area contributed by atoms with Gasteiger partial charge in [-0.2, -0.15) is 0 Å². The highest BCUT2D eigenvalue weighted by atomic mass is 19.2. The number of ketones is 1. The van der Waals surface area contributed by atoms with Crippen molar-refractivity contribution >= 4 is 17.6 Å². The van der Waals surface area contributed by atoms with Gasteiger partial charge in [0.05, 0.1) is 0 Å². The lowest BCUT2D eigenvalue weighted by Gasteiger charge is -2.35. The number of amides is 2. The molecule has 2 amide bonds. The van der Waals surface area contributed by atoms with Crippen molar-refractivity contribution in [2.45, 2.75) is 19.8 Å². The Bertz CT molecular complexity index is 920. The van der Waals surface area contributed by atoms with Gasteiger partial charge in [-0.3, -0.25) is 14.4 Å². The summed E-state index contributed by atoms with van der Waals surface area (Å²) in [5.41, 5.74) is 1.73. The molecule has 0 atom stereocenters. The minimum absolute atomic E-state index is 0.0763. The van der Waals surface area contributed by atoms with Crippen LogP contribution in [0, 0.1) is 18.6 Å². The molecule has 1 aliphatic rings. The summed E-state index contributed by atoms with van der Waals surface area (Å²) in [6, 6.07) is 10.3. The SMILES string of the molecule is Cc1ccc(C(=O)CCC(=O)N2CCN(C(=O)c3ccc(F)c(F)c3)CC2)cc1. The van der Waals surface area contributed by atoms with E-state index in [1.54, 1.807) is 17.0 Å². The molecule has 5 nitrogen and oxygen atoms in total. The Morgan fingerprint density at radius 2 is 1.38 bits per heavy atom. The highest BCUT2D eigenvalue weighted by Crippen LogP contribution is 2.14. The molecular formula is C22H22F2N2O3. The number of nitrogens with zero attached hydrogens (tertiary/aromatic N) is 2. The third-order valence-corrected chi connectivity index (χ3v) is 5.03. The number of piperazine rings is 1. The highest BCUT2D eigenvalue weighted by molar-refractivity contribution is 5.98. The number of carbonyl (C=O) groups excluding carboxylic acids is 3. The summed E-state index contributed by atoms with van der Waals surface area (Å²) < 4.78 is 26.4. The van der Waals surface area contributed by atoms with Crippen molar-refractivity contribution in [2.75, 3.05) is 26.2 Å². The van der Waals surface area contributed by atoms with Gasteiger partial charge in [0.25, 0.3) is 5.91 Å². The summed E-state index contributed by atoms with van der Waals surface area (Å²) in [6.07, 6.45) is 0.250. The molecule has 0 N–H and O–H groups in total. The summed E-state index contributed by atoms with van der Waals surface area (Å²) in [5.74, 6) is -2.68. The van der Waals surface area contributed by atoms with Crippen LogP contribution in [0.25, 0.3) is 0 Å². The molecule has 1 aliphatic heterocycles. The fourth-order valence-electron chi connectivity index (χ4n) is 3.23. The molecule has 0 bridgehead atoms. The predicted molar refractivity (Wildman–Crippen MR) is 104 cm³/mol. The largest absolute Gasteiger partial charge is 0.339 e. The quantitative estimate of drug-likeness (QED) is 0.724. The minimum Gasteiger partial charge on any atom is -0.339 e. The topological polar surface area (TPSA) is 57.7 Å². The van der Waals surface area contributed by atoms with Crippen molar-refractivity contribution in [3.63, 3.8) is 0 Å². The van der Waals surface area contributed by atoms with Gasteiger partial charge in [-0.05, 0) is 25.1 Å². The Morgan fingerprint density at radius 1 is 0.793 bits per heavy atom. The molecule has 0 aromatic heterocycles. The molecule has 7 heteroatoms. The number of rotatable bonds is 5. The van der Waals surface area contributed by atoms with E-state index in [2.05, 4.69) is 0 Å². The van der Waals surface area contributed by atoms with Crippen molar-refractivity contribution in [3.05, 3.63) is 70.8 Å². The maximum atomic E-state index is 13.3. The van der Waals surface area contributed by atoms with E-state index >= 15 is 0 Å². The van der Waals surface area contributed by atoms with Crippen molar-refractivity contribution in [2.24, 2.45) is 0 Å². The summed E-state index contributed by atoms with van der Waals surface area (Å²) >= 11 is 0. The molecule has 2 aromatic carbocycles. The van der Waals surface area contributed by atoms with Gasteiger partial charge in [-0.1, -0.05) is 29.8 Å². The molecule has 0 spiro atoms. The predicted octanol–water partition coefficient (Wildman–Crippen LogP) is 3.22. The van der Waals surface area contributed by atoms with Gasteiger partial charge in [0.15, 0.2) is 17.4 Å². The standard InChI is InChI=1S/C22H22F2N2O3/c1-15-2-4-16(5-3-15)20(27)8-9-21(28)25-10-12-26(13-11-25)22(29)17-6-7-18(23)19(24)14-17/h2-7,14H,8-13H2,1H3. The molecule has 152 valence electrons. The monoisotopic (exact) mass is 400 g/mol. The van der Waals surface area contributed by atoms with Crippen LogP contribution in [0.2, 0.25) is 0 Å². The average Bonchev–Trinajstić information content (AvgIpc) is 2.74. The molecule has 2 aromatic rings. The molecule has 29 heavy (non-hydrogen) atoms. The van der Waals surface area contributed by atoms with E-state index in [9.17, 15) is 23.2 Å². The van der Waals surface area contributed by atoms with Crippen LogP contribution in [0.1, 0.15) is 39.1 Å². The Kier molecular flexibility index (Phi) is 6.36. The smallest absolute Gasteiger partial charge is 0.254 e. The number of benzene rings is 2. The van der Waals surface area contributed by atoms with Crippen LogP contribution in [-0.2, 0) is 4.79 Å². The van der Waals surface area contributed by atoms with E-state index in [0.717, 1.165) is 17.7 Å². The Morgan fingerprint density at radius 3 is 2.00 bits per heavy atom. The van der Waals surface area contributed by atoms with E-state index < -0.39 is 17.5 Å². The van der Waals surface area contributed by atoms with Gasteiger partial charge >= 0.3 is 0 Å². The summed E-state index contributed by atoms with van der Waals surface area (Å²) in [4.78, 5) is 40.2. The first-order valence-electron chi connectivity index (χ1n) is 9.47. The molecule has 1 saturated heterocycles. The second kappa shape index (κ2) is 8.94. The fourth-order valence-corrected chi connectivity index (χ4v) is 3.23. The summed E-state index contributed by atoms with van der Waals surface area (Å²) in [7, 11) is 0. The first-order valence-corrected chi connectivity index (χ1v) is 9.47. The number of halogens is 2. The van der Waals surface area contributed by atoms with Crippen molar-refractivity contribution in [1.82, 2.24) is 9.80 Å². The van der Waals surface area contributed by atoms with Crippen LogP contribution in [0.5, 0.6) is 0 Å². The van der Waals surface area contributed by atoms with E-state index in [0.29, 0.717) is 31.7 Å². The van der Waals surface area contributed by atoms with Crippen molar-refractivity contribution in [3.8, 4) is 0 Å². The lowest BCUT2D eigenvalue weighted by molar-refractivity contribution is -0.132. The zero-order valence-electron chi connectivity index (χ0n) is 16.2. The normalized spacial score (nSPS) is 14.0. The zero-order valence-corrected chi connectivity index (χ0v) is 16.2. The van der Waals surface area contributed by atoms with E-state index in [-0.39, 0.29) is 30.1 Å². The average molecular weight is 400 g/mol. The van der Waals surface area contributed by atoms with E-state index in [4.69, 9.17) is 0 Å². The molecule has 3 rings (SSSR count). The molecule has 0 radical (unpaired) electrons. The molecule has 0 aliphatic carbocycles. The third-order valence-electron chi connectivity index (χ3n) is 5.03. The molecule has 0 saturated carbocycles. The van der Waals surface area contributed by atoms with Gasteiger partial charge in [0, 0.05) is 50.1 Å². The Balaban J connectivity index is 1.48. The lowest BCUT2D eigenvalue weighted by Crippen LogP contribution is -2.50. The van der Waals surface area contributed by atoms with Gasteiger partial charge in [0.1, 0.15) is 0 Å². The highest BCUT2D eigenvalue weighted by Gasteiger charge is 2.25.